The van der Waals surface area contributed by atoms with Crippen molar-refractivity contribution in [2.75, 3.05) is 12.3 Å². The third kappa shape index (κ3) is 3.12. The number of unbranched alkanes of at least 4 members (excludes halogenated alkanes) is 1. The monoisotopic (exact) mass is 213 g/mol. The van der Waals surface area contributed by atoms with Crippen molar-refractivity contribution in [2.24, 2.45) is 5.73 Å². The third-order valence-electron chi connectivity index (χ3n) is 1.97. The number of hydrogen-bond donors (Lipinski definition) is 1. The molecule has 0 aromatic heterocycles. The maximum Gasteiger partial charge on any atom is 0.178 e. The molecule has 0 saturated heterocycles. The fraction of sp³-hybridized carbons (Fsp3) is 0.400. The van der Waals surface area contributed by atoms with Gasteiger partial charge in [-0.05, 0) is 31.5 Å². The molecule has 0 atom stereocenters. The highest BCUT2D eigenvalue weighted by atomic mass is 32.2. The molecular formula is C10H15NO2S. The molecule has 1 aromatic carbocycles. The summed E-state index contributed by atoms with van der Waals surface area (Å²) in [6.07, 6.45) is 1.39. The Morgan fingerprint density at radius 2 is 1.71 bits per heavy atom. The van der Waals surface area contributed by atoms with Crippen LogP contribution in [0.2, 0.25) is 0 Å². The van der Waals surface area contributed by atoms with Crippen LogP contribution < -0.4 is 5.73 Å². The predicted octanol–water partition coefficient (Wildman–Crippen LogP) is 1.20. The van der Waals surface area contributed by atoms with Crippen molar-refractivity contribution < 1.29 is 8.42 Å². The first-order valence-corrected chi connectivity index (χ1v) is 6.30. The van der Waals surface area contributed by atoms with Crippen LogP contribution in [0, 0.1) is 0 Å². The first-order valence-electron chi connectivity index (χ1n) is 4.65. The van der Waals surface area contributed by atoms with E-state index in [2.05, 4.69) is 0 Å². The number of hydrogen-bond acceptors (Lipinski definition) is 3. The second-order valence-electron chi connectivity index (χ2n) is 3.13. The number of sulfone groups is 1. The number of nitrogens with two attached hydrogens (primary N) is 1. The SMILES string of the molecule is NCCCCS(=O)(=O)c1ccccc1. The Balaban J connectivity index is 2.67. The lowest BCUT2D eigenvalue weighted by molar-refractivity contribution is 0.592. The average Bonchev–Trinajstić information content (AvgIpc) is 2.19. The molecule has 0 aliphatic carbocycles. The summed E-state index contributed by atoms with van der Waals surface area (Å²) in [5.41, 5.74) is 5.30. The van der Waals surface area contributed by atoms with Gasteiger partial charge in [-0.1, -0.05) is 18.2 Å². The highest BCUT2D eigenvalue weighted by molar-refractivity contribution is 7.91. The molecule has 0 heterocycles. The average molecular weight is 213 g/mol. The van der Waals surface area contributed by atoms with Gasteiger partial charge in [0.25, 0.3) is 0 Å². The quantitative estimate of drug-likeness (QED) is 0.748. The van der Waals surface area contributed by atoms with E-state index in [1.807, 2.05) is 0 Å². The minimum atomic E-state index is -3.09. The number of rotatable bonds is 5. The van der Waals surface area contributed by atoms with Gasteiger partial charge in [0.15, 0.2) is 9.84 Å². The van der Waals surface area contributed by atoms with Crippen molar-refractivity contribution in [3.05, 3.63) is 30.3 Å². The zero-order chi connectivity index (χ0) is 10.4. The van der Waals surface area contributed by atoms with Gasteiger partial charge in [0, 0.05) is 0 Å². The van der Waals surface area contributed by atoms with E-state index in [-0.39, 0.29) is 5.75 Å². The van der Waals surface area contributed by atoms with E-state index in [1.165, 1.54) is 0 Å². The number of benzene rings is 1. The normalized spacial score (nSPS) is 11.5. The van der Waals surface area contributed by atoms with Gasteiger partial charge in [0.2, 0.25) is 0 Å². The van der Waals surface area contributed by atoms with Gasteiger partial charge >= 0.3 is 0 Å². The molecule has 0 unspecified atom stereocenters. The lowest BCUT2D eigenvalue weighted by atomic mass is 10.3. The van der Waals surface area contributed by atoms with Crippen LogP contribution in [-0.2, 0) is 9.84 Å². The summed E-state index contributed by atoms with van der Waals surface area (Å²) < 4.78 is 23.3. The van der Waals surface area contributed by atoms with Crippen LogP contribution in [0.3, 0.4) is 0 Å². The molecule has 0 amide bonds. The minimum Gasteiger partial charge on any atom is -0.330 e. The Hall–Kier alpha value is -0.870. The van der Waals surface area contributed by atoms with Crippen LogP contribution in [0.4, 0.5) is 0 Å². The molecule has 1 rings (SSSR count). The molecule has 0 aliphatic heterocycles. The zero-order valence-corrected chi connectivity index (χ0v) is 8.83. The van der Waals surface area contributed by atoms with Gasteiger partial charge in [-0.2, -0.15) is 0 Å². The topological polar surface area (TPSA) is 60.2 Å². The van der Waals surface area contributed by atoms with Crippen LogP contribution in [0.25, 0.3) is 0 Å². The molecule has 0 radical (unpaired) electrons. The molecule has 0 bridgehead atoms. The predicted molar refractivity (Wildman–Crippen MR) is 56.8 cm³/mol. The molecule has 0 saturated carbocycles. The Bertz CT molecular complexity index is 359. The molecule has 78 valence electrons. The Kier molecular flexibility index (Phi) is 4.10. The Morgan fingerprint density at radius 3 is 2.29 bits per heavy atom. The molecule has 4 heteroatoms. The fourth-order valence-electron chi connectivity index (χ4n) is 1.18. The second-order valence-corrected chi connectivity index (χ2v) is 5.24. The molecule has 0 aliphatic rings. The van der Waals surface area contributed by atoms with Crippen LogP contribution in [0.15, 0.2) is 35.2 Å². The van der Waals surface area contributed by atoms with Crippen molar-refractivity contribution in [2.45, 2.75) is 17.7 Å². The van der Waals surface area contributed by atoms with E-state index in [0.717, 1.165) is 6.42 Å². The zero-order valence-electron chi connectivity index (χ0n) is 8.02. The van der Waals surface area contributed by atoms with Crippen LogP contribution in [-0.4, -0.2) is 20.7 Å². The smallest absolute Gasteiger partial charge is 0.178 e. The summed E-state index contributed by atoms with van der Waals surface area (Å²) in [6, 6.07) is 8.51. The van der Waals surface area contributed by atoms with E-state index < -0.39 is 9.84 Å². The minimum absolute atomic E-state index is 0.189. The van der Waals surface area contributed by atoms with Gasteiger partial charge in [-0.15, -0.1) is 0 Å². The summed E-state index contributed by atoms with van der Waals surface area (Å²) in [6.45, 7) is 0.546. The van der Waals surface area contributed by atoms with Crippen LogP contribution >= 0.6 is 0 Å². The first kappa shape index (κ1) is 11.2. The Labute approximate surface area is 84.9 Å². The molecule has 1 aromatic rings. The van der Waals surface area contributed by atoms with E-state index in [4.69, 9.17) is 5.73 Å². The molecule has 0 fully saturated rings. The largest absolute Gasteiger partial charge is 0.330 e. The second kappa shape index (κ2) is 5.12. The van der Waals surface area contributed by atoms with Gasteiger partial charge in [-0.25, -0.2) is 8.42 Å². The van der Waals surface area contributed by atoms with Gasteiger partial charge < -0.3 is 5.73 Å². The summed E-state index contributed by atoms with van der Waals surface area (Å²) in [4.78, 5) is 0.400. The van der Waals surface area contributed by atoms with Crippen molar-refractivity contribution in [3.63, 3.8) is 0 Å². The summed E-state index contributed by atoms with van der Waals surface area (Å²) in [5.74, 6) is 0.189. The van der Waals surface area contributed by atoms with Crippen molar-refractivity contribution in [1.82, 2.24) is 0 Å². The van der Waals surface area contributed by atoms with E-state index in [9.17, 15) is 8.42 Å². The van der Waals surface area contributed by atoms with Gasteiger partial charge in [0.05, 0.1) is 10.6 Å². The summed E-state index contributed by atoms with van der Waals surface area (Å²) >= 11 is 0. The summed E-state index contributed by atoms with van der Waals surface area (Å²) in [7, 11) is -3.09. The molecule has 0 spiro atoms. The highest BCUT2D eigenvalue weighted by Crippen LogP contribution is 2.11. The first-order chi connectivity index (χ1) is 6.67. The highest BCUT2D eigenvalue weighted by Gasteiger charge is 2.12. The Morgan fingerprint density at radius 1 is 1.07 bits per heavy atom. The molecule has 3 nitrogen and oxygen atoms in total. The molecular weight excluding hydrogens is 198 g/mol. The fourth-order valence-corrected chi connectivity index (χ4v) is 2.57. The van der Waals surface area contributed by atoms with Crippen molar-refractivity contribution in [1.29, 1.82) is 0 Å². The summed E-state index contributed by atoms with van der Waals surface area (Å²) in [5, 5.41) is 0. The van der Waals surface area contributed by atoms with Crippen LogP contribution in [0.5, 0.6) is 0 Å². The maximum absolute atomic E-state index is 11.7. The van der Waals surface area contributed by atoms with Gasteiger partial charge in [-0.3, -0.25) is 0 Å². The van der Waals surface area contributed by atoms with Crippen molar-refractivity contribution in [3.8, 4) is 0 Å². The molecule has 2 N–H and O–H groups in total. The standard InChI is InChI=1S/C10H15NO2S/c11-8-4-5-9-14(12,13)10-6-2-1-3-7-10/h1-3,6-7H,4-5,8-9,11H2. The van der Waals surface area contributed by atoms with E-state index >= 15 is 0 Å². The molecule has 14 heavy (non-hydrogen) atoms. The van der Waals surface area contributed by atoms with Gasteiger partial charge in [0.1, 0.15) is 0 Å². The lowest BCUT2D eigenvalue weighted by Gasteiger charge is -2.02. The van der Waals surface area contributed by atoms with Crippen LogP contribution in [0.1, 0.15) is 12.8 Å². The third-order valence-corrected chi connectivity index (χ3v) is 3.79. The lowest BCUT2D eigenvalue weighted by Crippen LogP contribution is -2.08. The van der Waals surface area contributed by atoms with E-state index in [0.29, 0.717) is 17.9 Å². The van der Waals surface area contributed by atoms with Crippen molar-refractivity contribution >= 4 is 9.84 Å². The van der Waals surface area contributed by atoms with E-state index in [1.54, 1.807) is 30.3 Å². The maximum atomic E-state index is 11.7.